The molecule has 1 aromatic heterocycles. The molecule has 1 aliphatic heterocycles. The zero-order valence-electron chi connectivity index (χ0n) is 19.3. The molecule has 0 saturated carbocycles. The van der Waals surface area contributed by atoms with E-state index in [1.807, 2.05) is 38.1 Å². The molecule has 0 radical (unpaired) electrons. The Kier molecular flexibility index (Phi) is 6.24. The SMILES string of the molecule is Cc1cccc(OCC(=O)Nc2cc3c(cc2N2CCOCC2)n(C)c(=O)c(=O)n3C)c1C. The van der Waals surface area contributed by atoms with Crippen molar-refractivity contribution in [3.05, 3.63) is 62.2 Å². The molecule has 1 saturated heterocycles. The van der Waals surface area contributed by atoms with Gasteiger partial charge in [0.1, 0.15) is 5.75 Å². The lowest BCUT2D eigenvalue weighted by atomic mass is 10.1. The first-order valence-electron chi connectivity index (χ1n) is 10.8. The molecular formula is C24H28N4O5. The Bertz CT molecular complexity index is 1340. The van der Waals surface area contributed by atoms with Gasteiger partial charge in [0.15, 0.2) is 6.61 Å². The number of nitrogens with zero attached hydrogens (tertiary/aromatic N) is 3. The summed E-state index contributed by atoms with van der Waals surface area (Å²) in [5.41, 5.74) is 3.31. The van der Waals surface area contributed by atoms with E-state index >= 15 is 0 Å². The molecule has 33 heavy (non-hydrogen) atoms. The van der Waals surface area contributed by atoms with Crippen LogP contribution in [-0.2, 0) is 23.6 Å². The Hall–Kier alpha value is -3.59. The van der Waals surface area contributed by atoms with Crippen molar-refractivity contribution in [2.24, 2.45) is 14.1 Å². The number of aromatic nitrogens is 2. The fraction of sp³-hybridized carbons (Fsp3) is 0.375. The predicted molar refractivity (Wildman–Crippen MR) is 128 cm³/mol. The van der Waals surface area contributed by atoms with Crippen LogP contribution in [0.5, 0.6) is 5.75 Å². The molecule has 3 aromatic rings. The first-order valence-corrected chi connectivity index (χ1v) is 10.8. The van der Waals surface area contributed by atoms with Crippen LogP contribution >= 0.6 is 0 Å². The van der Waals surface area contributed by atoms with E-state index in [0.29, 0.717) is 48.8 Å². The molecule has 9 heteroatoms. The number of benzene rings is 2. The van der Waals surface area contributed by atoms with Crippen LogP contribution in [0.1, 0.15) is 11.1 Å². The molecule has 0 aliphatic carbocycles. The molecular weight excluding hydrogens is 424 g/mol. The molecule has 0 bridgehead atoms. The summed E-state index contributed by atoms with van der Waals surface area (Å²) < 4.78 is 13.9. The van der Waals surface area contributed by atoms with Gasteiger partial charge in [-0.3, -0.25) is 14.4 Å². The molecule has 1 fully saturated rings. The maximum atomic E-state index is 12.8. The maximum Gasteiger partial charge on any atom is 0.316 e. The number of morpholine rings is 1. The number of aryl methyl sites for hydroxylation is 3. The van der Waals surface area contributed by atoms with Gasteiger partial charge in [0.2, 0.25) is 0 Å². The summed E-state index contributed by atoms with van der Waals surface area (Å²) in [6.45, 7) is 6.20. The second-order valence-electron chi connectivity index (χ2n) is 8.22. The van der Waals surface area contributed by atoms with Gasteiger partial charge in [-0.05, 0) is 43.2 Å². The van der Waals surface area contributed by atoms with Gasteiger partial charge in [-0.2, -0.15) is 0 Å². The molecule has 1 N–H and O–H groups in total. The molecule has 9 nitrogen and oxygen atoms in total. The normalized spacial score (nSPS) is 13.9. The van der Waals surface area contributed by atoms with Crippen molar-refractivity contribution in [1.29, 1.82) is 0 Å². The third kappa shape index (κ3) is 4.36. The summed E-state index contributed by atoms with van der Waals surface area (Å²) in [5, 5.41) is 2.94. The van der Waals surface area contributed by atoms with Crippen LogP contribution in [0.15, 0.2) is 39.9 Å². The van der Waals surface area contributed by atoms with Gasteiger partial charge in [-0.25, -0.2) is 0 Å². The predicted octanol–water partition coefficient (Wildman–Crippen LogP) is 1.71. The Balaban J connectivity index is 1.70. The number of carbonyl (C=O) groups is 1. The highest BCUT2D eigenvalue weighted by molar-refractivity contribution is 5.99. The second-order valence-corrected chi connectivity index (χ2v) is 8.22. The Morgan fingerprint density at radius 2 is 1.67 bits per heavy atom. The third-order valence-electron chi connectivity index (χ3n) is 6.15. The molecule has 174 valence electrons. The van der Waals surface area contributed by atoms with Crippen LogP contribution in [0.2, 0.25) is 0 Å². The van der Waals surface area contributed by atoms with Crippen molar-refractivity contribution in [3.8, 4) is 5.75 Å². The van der Waals surface area contributed by atoms with Crippen LogP contribution in [-0.4, -0.2) is 48.0 Å². The second kappa shape index (κ2) is 9.11. The molecule has 2 aromatic carbocycles. The summed E-state index contributed by atoms with van der Waals surface area (Å²) in [6, 6.07) is 9.28. The highest BCUT2D eigenvalue weighted by atomic mass is 16.5. The lowest BCUT2D eigenvalue weighted by Gasteiger charge is -2.31. The van der Waals surface area contributed by atoms with Crippen molar-refractivity contribution >= 4 is 28.3 Å². The van der Waals surface area contributed by atoms with Gasteiger partial charge in [0.05, 0.1) is 35.6 Å². The minimum absolute atomic E-state index is 0.156. The van der Waals surface area contributed by atoms with Crippen LogP contribution in [0.4, 0.5) is 11.4 Å². The standard InChI is InChI=1S/C24H28N4O5/c1-15-6-5-7-21(16(15)2)33-14-22(29)25-17-12-19-20(27(4)24(31)23(30)26(19)3)13-18(17)28-8-10-32-11-9-28/h5-7,12-13H,8-11,14H2,1-4H3,(H,25,29). The van der Waals surface area contributed by atoms with E-state index < -0.39 is 11.1 Å². The molecule has 0 atom stereocenters. The third-order valence-corrected chi connectivity index (χ3v) is 6.15. The number of amides is 1. The summed E-state index contributed by atoms with van der Waals surface area (Å²) in [4.78, 5) is 39.6. The average molecular weight is 453 g/mol. The lowest BCUT2D eigenvalue weighted by Crippen LogP contribution is -2.40. The maximum absolute atomic E-state index is 12.8. The van der Waals surface area contributed by atoms with Crippen molar-refractivity contribution in [1.82, 2.24) is 9.13 Å². The lowest BCUT2D eigenvalue weighted by molar-refractivity contribution is -0.118. The van der Waals surface area contributed by atoms with E-state index in [1.165, 1.54) is 9.13 Å². The monoisotopic (exact) mass is 452 g/mol. The Morgan fingerprint density at radius 3 is 2.33 bits per heavy atom. The number of rotatable bonds is 5. The van der Waals surface area contributed by atoms with Crippen molar-refractivity contribution in [2.75, 3.05) is 43.1 Å². The van der Waals surface area contributed by atoms with E-state index in [9.17, 15) is 14.4 Å². The largest absolute Gasteiger partial charge is 0.483 e. The van der Waals surface area contributed by atoms with E-state index in [2.05, 4.69) is 10.2 Å². The number of hydrogen-bond donors (Lipinski definition) is 1. The highest BCUT2D eigenvalue weighted by Crippen LogP contribution is 2.31. The number of fused-ring (bicyclic) bond motifs is 1. The van der Waals surface area contributed by atoms with Crippen LogP contribution < -0.4 is 26.1 Å². The van der Waals surface area contributed by atoms with E-state index in [0.717, 1.165) is 16.8 Å². The van der Waals surface area contributed by atoms with Crippen molar-refractivity contribution in [3.63, 3.8) is 0 Å². The number of nitrogens with one attached hydrogen (secondary N) is 1. The van der Waals surface area contributed by atoms with Crippen LogP contribution in [0.3, 0.4) is 0 Å². The average Bonchev–Trinajstić information content (AvgIpc) is 2.82. The number of anilines is 2. The zero-order chi connectivity index (χ0) is 23.7. The van der Waals surface area contributed by atoms with Crippen molar-refractivity contribution < 1.29 is 14.3 Å². The van der Waals surface area contributed by atoms with Gasteiger partial charge in [0.25, 0.3) is 5.91 Å². The quantitative estimate of drug-likeness (QED) is 0.593. The molecule has 4 rings (SSSR count). The van der Waals surface area contributed by atoms with Crippen molar-refractivity contribution in [2.45, 2.75) is 13.8 Å². The van der Waals surface area contributed by atoms with Crippen LogP contribution in [0, 0.1) is 13.8 Å². The van der Waals surface area contributed by atoms with Gasteiger partial charge < -0.3 is 28.8 Å². The number of hydrogen-bond acceptors (Lipinski definition) is 6. The molecule has 1 amide bonds. The molecule has 0 spiro atoms. The summed E-state index contributed by atoms with van der Waals surface area (Å²) in [6.07, 6.45) is 0. The molecule has 0 unspecified atom stereocenters. The van der Waals surface area contributed by atoms with Crippen LogP contribution in [0.25, 0.3) is 11.0 Å². The van der Waals surface area contributed by atoms with Gasteiger partial charge in [-0.15, -0.1) is 0 Å². The highest BCUT2D eigenvalue weighted by Gasteiger charge is 2.20. The summed E-state index contributed by atoms with van der Waals surface area (Å²) in [7, 11) is 3.13. The van der Waals surface area contributed by atoms with Gasteiger partial charge in [-0.1, -0.05) is 12.1 Å². The first-order chi connectivity index (χ1) is 15.8. The number of carbonyl (C=O) groups excluding carboxylic acids is 1. The summed E-state index contributed by atoms with van der Waals surface area (Å²) in [5.74, 6) is 0.342. The smallest absolute Gasteiger partial charge is 0.316 e. The minimum Gasteiger partial charge on any atom is -0.483 e. The van der Waals surface area contributed by atoms with Gasteiger partial charge in [0, 0.05) is 27.2 Å². The fourth-order valence-electron chi connectivity index (χ4n) is 3.98. The topological polar surface area (TPSA) is 94.8 Å². The van der Waals surface area contributed by atoms with Gasteiger partial charge >= 0.3 is 11.1 Å². The molecule has 1 aliphatic rings. The minimum atomic E-state index is -0.625. The Labute approximate surface area is 191 Å². The molecule has 2 heterocycles. The first kappa shape index (κ1) is 22.6. The van der Waals surface area contributed by atoms with E-state index in [4.69, 9.17) is 9.47 Å². The fourth-order valence-corrected chi connectivity index (χ4v) is 3.98. The zero-order valence-corrected chi connectivity index (χ0v) is 19.3. The number of ether oxygens (including phenoxy) is 2. The van der Waals surface area contributed by atoms with E-state index in [1.54, 1.807) is 20.2 Å². The Morgan fingerprint density at radius 1 is 1.03 bits per heavy atom. The summed E-state index contributed by atoms with van der Waals surface area (Å²) >= 11 is 0. The van der Waals surface area contributed by atoms with E-state index in [-0.39, 0.29) is 12.5 Å².